The first-order valence-electron chi connectivity index (χ1n) is 12.7. The van der Waals surface area contributed by atoms with Gasteiger partial charge >= 0.3 is 0 Å². The molecule has 2 amide bonds. The summed E-state index contributed by atoms with van der Waals surface area (Å²) in [7, 11) is 1.74. The number of nitrogens with one attached hydrogen (secondary N) is 4. The van der Waals surface area contributed by atoms with Crippen LogP contribution in [0.1, 0.15) is 42.5 Å². The summed E-state index contributed by atoms with van der Waals surface area (Å²) in [6, 6.07) is 8.73. The molecule has 4 N–H and O–H groups in total. The van der Waals surface area contributed by atoms with E-state index >= 15 is 0 Å². The molecule has 2 heterocycles. The third-order valence-electron chi connectivity index (χ3n) is 6.44. The first kappa shape index (κ1) is 28.2. The largest absolute Gasteiger partial charge is 0.387 e. The number of nitrogens with zero attached hydrogens (tertiary/aromatic N) is 2. The van der Waals surface area contributed by atoms with E-state index in [1.54, 1.807) is 26.3 Å². The van der Waals surface area contributed by atoms with E-state index < -0.39 is 17.7 Å². The monoisotopic (exact) mass is 544 g/mol. The molecule has 0 unspecified atom stereocenters. The first-order chi connectivity index (χ1) is 19.3. The van der Waals surface area contributed by atoms with Crippen LogP contribution in [0.5, 0.6) is 0 Å². The second kappa shape index (κ2) is 12.8. The van der Waals surface area contributed by atoms with Crippen molar-refractivity contribution in [3.63, 3.8) is 0 Å². The van der Waals surface area contributed by atoms with Crippen molar-refractivity contribution in [2.45, 2.75) is 25.8 Å². The van der Waals surface area contributed by atoms with E-state index in [2.05, 4.69) is 38.0 Å². The minimum absolute atomic E-state index is 0.199. The van der Waals surface area contributed by atoms with E-state index in [-0.39, 0.29) is 11.8 Å². The Labute approximate surface area is 231 Å². The van der Waals surface area contributed by atoms with E-state index in [1.165, 1.54) is 12.3 Å². The molecule has 4 rings (SSSR count). The van der Waals surface area contributed by atoms with Crippen molar-refractivity contribution in [1.29, 1.82) is 0 Å². The summed E-state index contributed by atoms with van der Waals surface area (Å²) in [5.41, 5.74) is 4.54. The highest BCUT2D eigenvalue weighted by molar-refractivity contribution is 6.32. The lowest BCUT2D eigenvalue weighted by Crippen LogP contribution is -2.31. The van der Waals surface area contributed by atoms with Gasteiger partial charge in [0.1, 0.15) is 5.82 Å². The third kappa shape index (κ3) is 6.58. The topological polar surface area (TPSA) is 107 Å². The SMILES string of the molecule is C=N/C=C(/C=C1\C(=O)Nc2cc(/C=C/CNC3=C(C(=O)N[C@@H](C)c4ccc(F)c(F)c4)CCC=N3)ccc21)NC. The lowest BCUT2D eigenvalue weighted by Gasteiger charge is -2.19. The number of benzene rings is 2. The average Bonchev–Trinajstić information content (AvgIpc) is 3.26. The molecule has 10 heteroatoms. The minimum Gasteiger partial charge on any atom is -0.387 e. The van der Waals surface area contributed by atoms with Gasteiger partial charge in [-0.05, 0) is 61.9 Å². The van der Waals surface area contributed by atoms with E-state index in [0.717, 1.165) is 23.3 Å². The Bertz CT molecular complexity index is 1490. The molecule has 0 spiro atoms. The fourth-order valence-electron chi connectivity index (χ4n) is 4.32. The molecule has 0 saturated carbocycles. The summed E-state index contributed by atoms with van der Waals surface area (Å²) in [5, 5.41) is 11.9. The summed E-state index contributed by atoms with van der Waals surface area (Å²) in [4.78, 5) is 33.6. The van der Waals surface area contributed by atoms with E-state index in [1.807, 2.05) is 30.4 Å². The quantitative estimate of drug-likeness (QED) is 0.259. The zero-order valence-corrected chi connectivity index (χ0v) is 22.2. The lowest BCUT2D eigenvalue weighted by atomic mass is 10.0. The highest BCUT2D eigenvalue weighted by Gasteiger charge is 2.24. The van der Waals surface area contributed by atoms with Crippen LogP contribution in [0.3, 0.4) is 0 Å². The highest BCUT2D eigenvalue weighted by atomic mass is 19.2. The predicted molar refractivity (Wildman–Crippen MR) is 154 cm³/mol. The number of allylic oxidation sites excluding steroid dienone is 1. The molecule has 206 valence electrons. The molecular formula is C30H30F2N6O2. The van der Waals surface area contributed by atoms with Crippen molar-refractivity contribution in [2.75, 3.05) is 18.9 Å². The van der Waals surface area contributed by atoms with E-state index in [4.69, 9.17) is 0 Å². The Hall–Kier alpha value is -4.86. The maximum atomic E-state index is 13.6. The molecule has 2 aromatic rings. The van der Waals surface area contributed by atoms with Gasteiger partial charge in [0.25, 0.3) is 11.8 Å². The normalized spacial score (nSPS) is 16.6. The average molecular weight is 545 g/mol. The maximum absolute atomic E-state index is 13.6. The Kier molecular flexibility index (Phi) is 9.00. The third-order valence-corrected chi connectivity index (χ3v) is 6.44. The van der Waals surface area contributed by atoms with Crippen LogP contribution in [-0.4, -0.2) is 38.3 Å². The van der Waals surface area contributed by atoms with Gasteiger partial charge in [-0.25, -0.2) is 13.8 Å². The number of amides is 2. The fourth-order valence-corrected chi connectivity index (χ4v) is 4.32. The van der Waals surface area contributed by atoms with Crippen LogP contribution in [0.15, 0.2) is 81.8 Å². The number of hydrogen-bond acceptors (Lipinski definition) is 6. The number of carbonyl (C=O) groups is 2. The number of likely N-dealkylation sites (N-methyl/N-ethyl adjacent to an activating group) is 1. The van der Waals surface area contributed by atoms with Crippen LogP contribution in [0.4, 0.5) is 14.5 Å². The molecule has 2 aromatic carbocycles. The molecule has 2 aliphatic heterocycles. The van der Waals surface area contributed by atoms with Crippen LogP contribution < -0.4 is 21.3 Å². The van der Waals surface area contributed by atoms with Crippen molar-refractivity contribution in [1.82, 2.24) is 16.0 Å². The van der Waals surface area contributed by atoms with Gasteiger partial charge in [-0.2, -0.15) is 0 Å². The zero-order valence-electron chi connectivity index (χ0n) is 22.2. The second-order valence-corrected chi connectivity index (χ2v) is 9.16. The van der Waals surface area contributed by atoms with E-state index in [9.17, 15) is 18.4 Å². The molecule has 8 nitrogen and oxygen atoms in total. The number of carbonyl (C=O) groups excluding carboxylic acids is 2. The molecule has 0 fully saturated rings. The zero-order chi connectivity index (χ0) is 28.6. The predicted octanol–water partition coefficient (Wildman–Crippen LogP) is 4.62. The maximum Gasteiger partial charge on any atom is 0.256 e. The minimum atomic E-state index is -0.960. The van der Waals surface area contributed by atoms with Crippen LogP contribution in [0.2, 0.25) is 0 Å². The van der Waals surface area contributed by atoms with Gasteiger partial charge in [0.15, 0.2) is 11.6 Å². The van der Waals surface area contributed by atoms with Gasteiger partial charge in [0.05, 0.1) is 22.9 Å². The summed E-state index contributed by atoms with van der Waals surface area (Å²) < 4.78 is 26.9. The molecule has 2 aliphatic rings. The molecule has 40 heavy (non-hydrogen) atoms. The lowest BCUT2D eigenvalue weighted by molar-refractivity contribution is -0.118. The van der Waals surface area contributed by atoms with Crippen molar-refractivity contribution in [2.24, 2.45) is 9.98 Å². The second-order valence-electron chi connectivity index (χ2n) is 9.16. The van der Waals surface area contributed by atoms with Crippen molar-refractivity contribution >= 4 is 42.1 Å². The van der Waals surface area contributed by atoms with Gasteiger partial charge in [-0.15, -0.1) is 0 Å². The van der Waals surface area contributed by atoms with Gasteiger partial charge in [-0.3, -0.25) is 14.6 Å². The van der Waals surface area contributed by atoms with Gasteiger partial charge in [-0.1, -0.05) is 30.4 Å². The molecule has 1 atom stereocenters. The Morgan fingerprint density at radius 1 is 1.23 bits per heavy atom. The Morgan fingerprint density at radius 3 is 2.80 bits per heavy atom. The number of rotatable bonds is 10. The number of aliphatic imine (C=N–C) groups is 2. The van der Waals surface area contributed by atoms with Crippen LogP contribution in [0.25, 0.3) is 11.6 Å². The van der Waals surface area contributed by atoms with Gasteiger partial charge in [0.2, 0.25) is 0 Å². The Balaban J connectivity index is 1.41. The van der Waals surface area contributed by atoms with Crippen LogP contribution in [0, 0.1) is 11.6 Å². The molecule has 0 aliphatic carbocycles. The molecular weight excluding hydrogens is 514 g/mol. The summed E-state index contributed by atoms with van der Waals surface area (Å²) in [6.45, 7) is 5.55. The summed E-state index contributed by atoms with van der Waals surface area (Å²) >= 11 is 0. The van der Waals surface area contributed by atoms with Crippen molar-refractivity contribution in [3.8, 4) is 0 Å². The van der Waals surface area contributed by atoms with Gasteiger partial charge in [0, 0.05) is 37.3 Å². The van der Waals surface area contributed by atoms with Crippen LogP contribution >= 0.6 is 0 Å². The van der Waals surface area contributed by atoms with Gasteiger partial charge < -0.3 is 21.3 Å². The number of anilines is 1. The van der Waals surface area contributed by atoms with Crippen molar-refractivity contribution < 1.29 is 18.4 Å². The smallest absolute Gasteiger partial charge is 0.256 e. The molecule has 0 aromatic heterocycles. The Morgan fingerprint density at radius 2 is 2.05 bits per heavy atom. The standard InChI is InChI=1S/C30H30F2N6O2/c1-18(20-9-11-25(31)26(32)15-20)37-29(39)23-7-5-13-36-28(23)35-12-4-6-19-8-10-22-24(16-21(34-3)17-33-2)30(40)38-27(22)14-19/h4,6,8-11,13-18,34-35H,2,5,7,12H2,1,3H3,(H,37,39)(H,38,40)/b6-4+,21-17-,24-16-/t18-/m0/s1. The molecule has 0 saturated heterocycles. The number of halogens is 2. The number of fused-ring (bicyclic) bond motifs is 1. The molecule has 0 bridgehead atoms. The molecule has 0 radical (unpaired) electrons. The summed E-state index contributed by atoms with van der Waals surface area (Å²) in [5.74, 6) is -1.95. The fraction of sp³-hybridized carbons (Fsp3) is 0.200. The first-order valence-corrected chi connectivity index (χ1v) is 12.7. The summed E-state index contributed by atoms with van der Waals surface area (Å²) in [6.07, 6.45) is 9.92. The van der Waals surface area contributed by atoms with Crippen molar-refractivity contribution in [3.05, 3.63) is 100 Å². The highest BCUT2D eigenvalue weighted by Crippen LogP contribution is 2.33. The van der Waals surface area contributed by atoms with Crippen LogP contribution in [-0.2, 0) is 9.59 Å². The number of hydrogen-bond donors (Lipinski definition) is 4. The van der Waals surface area contributed by atoms with E-state index in [0.29, 0.717) is 53.3 Å².